The summed E-state index contributed by atoms with van der Waals surface area (Å²) in [5, 5.41) is 72.5. The van der Waals surface area contributed by atoms with Crippen LogP contribution in [0.3, 0.4) is 0 Å². The van der Waals surface area contributed by atoms with Crippen LogP contribution in [0.1, 0.15) is 21.5 Å². The lowest BCUT2D eigenvalue weighted by atomic mass is 9.55. The number of phenols is 2. The van der Waals surface area contributed by atoms with Crippen LogP contribution in [0.15, 0.2) is 58.7 Å². The molecule has 5 rings (SSSR count). The number of carbonyl (C=O) groups excluding carboxylic acids is 3. The minimum absolute atomic E-state index is 0.0516. The molecule has 0 aromatic heterocycles. The molecule has 250 valence electrons. The van der Waals surface area contributed by atoms with Gasteiger partial charge in [-0.2, -0.15) is 8.42 Å². The van der Waals surface area contributed by atoms with E-state index < -0.39 is 108 Å². The number of likely N-dealkylation sites (N-methyl/N-ethyl adjacent to an activating group) is 1. The van der Waals surface area contributed by atoms with Gasteiger partial charge < -0.3 is 41.5 Å². The number of primary amides is 1. The van der Waals surface area contributed by atoms with Gasteiger partial charge in [0.05, 0.1) is 34.1 Å². The summed E-state index contributed by atoms with van der Waals surface area (Å²) in [5.74, 6) is -11.2. The lowest BCUT2D eigenvalue weighted by Gasteiger charge is -2.52. The van der Waals surface area contributed by atoms with Gasteiger partial charge in [0.25, 0.3) is 16.0 Å². The number of hydrogen-bond acceptors (Lipinski definition) is 13. The Morgan fingerprint density at radius 2 is 1.60 bits per heavy atom. The second-order valence-corrected chi connectivity index (χ2v) is 12.8. The van der Waals surface area contributed by atoms with Crippen molar-refractivity contribution in [1.82, 2.24) is 4.90 Å². The number of aliphatic hydroxyl groups excluding tert-OH is 3. The topological polar surface area (TPSA) is 294 Å². The number of rotatable bonds is 4. The summed E-state index contributed by atoms with van der Waals surface area (Å²) >= 11 is 6.25. The molecule has 0 spiro atoms. The van der Waals surface area contributed by atoms with Crippen molar-refractivity contribution in [1.29, 1.82) is 0 Å². The number of carbonyl (C=O) groups is 4. The molecule has 0 heterocycles. The number of halogens is 1. The number of hydrogen-bond donors (Lipinski definition) is 9. The Kier molecular flexibility index (Phi) is 8.80. The lowest BCUT2D eigenvalue weighted by molar-refractivity contribution is -0.166. The predicted molar refractivity (Wildman–Crippen MR) is 161 cm³/mol. The van der Waals surface area contributed by atoms with E-state index in [1.165, 1.54) is 31.1 Å². The van der Waals surface area contributed by atoms with Gasteiger partial charge in [-0.25, -0.2) is 4.79 Å². The summed E-state index contributed by atoms with van der Waals surface area (Å²) in [4.78, 5) is 49.8. The van der Waals surface area contributed by atoms with Crippen molar-refractivity contribution >= 4 is 56.5 Å². The zero-order valence-corrected chi connectivity index (χ0v) is 25.8. The highest BCUT2D eigenvalue weighted by atomic mass is 35.5. The van der Waals surface area contributed by atoms with Gasteiger partial charge in [-0.15, -0.1) is 0 Å². The third kappa shape index (κ3) is 5.32. The molecule has 0 saturated heterocycles. The van der Waals surface area contributed by atoms with Gasteiger partial charge in [-0.3, -0.25) is 23.8 Å². The Bertz CT molecular complexity index is 1970. The molecule has 1 fully saturated rings. The maximum Gasteiger partial charge on any atom is 0.339 e. The van der Waals surface area contributed by atoms with Crippen molar-refractivity contribution in [2.24, 2.45) is 17.6 Å². The van der Waals surface area contributed by atoms with Crippen LogP contribution < -0.4 is 5.73 Å². The number of aromatic carboxylic acids is 1. The van der Waals surface area contributed by atoms with Gasteiger partial charge in [0.15, 0.2) is 11.4 Å². The molecule has 0 aliphatic heterocycles. The fourth-order valence-corrected chi connectivity index (χ4v) is 6.89. The zero-order chi connectivity index (χ0) is 35.7. The monoisotopic (exact) mass is 694 g/mol. The molecule has 0 radical (unpaired) electrons. The number of amides is 1. The van der Waals surface area contributed by atoms with Crippen LogP contribution in [0.25, 0.3) is 11.3 Å². The van der Waals surface area contributed by atoms with Crippen molar-refractivity contribution in [2.75, 3.05) is 14.1 Å². The number of nitrogens with two attached hydrogens (primary N) is 1. The number of benzene rings is 2. The van der Waals surface area contributed by atoms with E-state index in [-0.39, 0.29) is 21.7 Å². The standard InChI is InChI=1S/C22H21ClN2O8.C7H6O6S/c1-6-9-7(23)4-5-8(26)11(9)16(27)12-10(6)17(28)14-15(25(2)3)18(29)13(21(24)32)20(31)22(14,33)19(12)30;8-6-2-1-4(14(11,12)13)3-5(6)7(9)10/h4-5,10,14-15,17,26-28,31,33H,1H2,2-3H3,(H2,24,32);1-3,8H,(H,9,10)(H,11,12,13)/t10-,14-,15+,17?,22+;/m1./s1. The average Bonchev–Trinajstić information content (AvgIpc) is 2.95. The molecule has 47 heavy (non-hydrogen) atoms. The molecular formula is C29H27ClN2O14S. The molecule has 10 N–H and O–H groups in total. The number of Topliss-reactive ketones (excluding diaryl/α,β-unsaturated/α-hetero) is 2. The van der Waals surface area contributed by atoms with Crippen LogP contribution in [0.4, 0.5) is 0 Å². The first-order valence-electron chi connectivity index (χ1n) is 13.2. The largest absolute Gasteiger partial charge is 0.508 e. The molecule has 3 aliphatic carbocycles. The molecule has 1 saturated carbocycles. The summed E-state index contributed by atoms with van der Waals surface area (Å²) in [5.41, 5.74) is 0.0510. The Balaban J connectivity index is 0.000000300. The number of aliphatic hydroxyl groups is 4. The van der Waals surface area contributed by atoms with Crippen LogP contribution in [-0.2, 0) is 24.5 Å². The van der Waals surface area contributed by atoms with E-state index in [9.17, 15) is 53.1 Å². The fourth-order valence-electron chi connectivity index (χ4n) is 6.11. The maximum atomic E-state index is 13.7. The molecule has 0 bridgehead atoms. The highest BCUT2D eigenvalue weighted by Crippen LogP contribution is 2.56. The number of ketones is 2. The van der Waals surface area contributed by atoms with E-state index >= 15 is 0 Å². The average molecular weight is 695 g/mol. The quantitative estimate of drug-likeness (QED) is 0.155. The summed E-state index contributed by atoms with van der Waals surface area (Å²) in [6.45, 7) is 3.89. The fraction of sp³-hybridized carbons (Fsp3) is 0.241. The third-order valence-electron chi connectivity index (χ3n) is 8.17. The highest BCUT2D eigenvalue weighted by Gasteiger charge is 2.68. The summed E-state index contributed by atoms with van der Waals surface area (Å²) in [6.07, 6.45) is -1.75. The number of carboxylic acids is 1. The van der Waals surface area contributed by atoms with Gasteiger partial charge in [-0.05, 0) is 50.0 Å². The smallest absolute Gasteiger partial charge is 0.339 e. The third-order valence-corrected chi connectivity index (χ3v) is 9.33. The van der Waals surface area contributed by atoms with E-state index in [4.69, 9.17) is 32.1 Å². The highest BCUT2D eigenvalue weighted by molar-refractivity contribution is 7.85. The molecule has 1 unspecified atom stereocenters. The van der Waals surface area contributed by atoms with Gasteiger partial charge >= 0.3 is 5.97 Å². The second-order valence-electron chi connectivity index (χ2n) is 11.0. The van der Waals surface area contributed by atoms with Crippen LogP contribution in [-0.4, -0.2) is 109 Å². The number of phenolic OH excluding ortho intramolecular Hbond substituents is 1. The van der Waals surface area contributed by atoms with Gasteiger partial charge in [-0.1, -0.05) is 18.2 Å². The normalized spacial score (nSPS) is 25.5. The second kappa shape index (κ2) is 11.8. The molecule has 1 amide bonds. The summed E-state index contributed by atoms with van der Waals surface area (Å²) < 4.78 is 29.8. The van der Waals surface area contributed by atoms with Crippen LogP contribution in [0.2, 0.25) is 5.02 Å². The van der Waals surface area contributed by atoms with Gasteiger partial charge in [0.1, 0.15) is 34.2 Å². The Hall–Kier alpha value is -4.78. The van der Waals surface area contributed by atoms with Crippen molar-refractivity contribution < 1.29 is 67.9 Å². The van der Waals surface area contributed by atoms with Crippen molar-refractivity contribution in [3.8, 4) is 11.5 Å². The maximum absolute atomic E-state index is 13.7. The first kappa shape index (κ1) is 35.1. The van der Waals surface area contributed by atoms with Crippen molar-refractivity contribution in [3.63, 3.8) is 0 Å². The first-order chi connectivity index (χ1) is 21.6. The lowest BCUT2D eigenvalue weighted by Crippen LogP contribution is -2.70. The Labute approximate surface area is 270 Å². The molecule has 5 atom stereocenters. The van der Waals surface area contributed by atoms with E-state index in [1.54, 1.807) is 0 Å². The number of aromatic hydroxyl groups is 2. The first-order valence-corrected chi connectivity index (χ1v) is 15.0. The number of carboxylic acid groups (broad SMARTS) is 1. The molecule has 18 heteroatoms. The zero-order valence-electron chi connectivity index (χ0n) is 24.2. The van der Waals surface area contributed by atoms with E-state index in [2.05, 4.69) is 6.58 Å². The van der Waals surface area contributed by atoms with Crippen LogP contribution >= 0.6 is 11.6 Å². The summed E-state index contributed by atoms with van der Waals surface area (Å²) in [6, 6.07) is 3.53. The Morgan fingerprint density at radius 1 is 1.02 bits per heavy atom. The number of nitrogens with zero attached hydrogens (tertiary/aromatic N) is 1. The van der Waals surface area contributed by atoms with E-state index in [1.807, 2.05) is 0 Å². The van der Waals surface area contributed by atoms with Crippen LogP contribution in [0.5, 0.6) is 11.5 Å². The van der Waals surface area contributed by atoms with E-state index in [0.717, 1.165) is 12.1 Å². The predicted octanol–water partition coefficient (Wildman–Crippen LogP) is 0.396. The Morgan fingerprint density at radius 3 is 2.11 bits per heavy atom. The summed E-state index contributed by atoms with van der Waals surface area (Å²) in [7, 11) is -1.61. The van der Waals surface area contributed by atoms with Gasteiger partial charge in [0.2, 0.25) is 5.78 Å². The molecule has 16 nitrogen and oxygen atoms in total. The minimum Gasteiger partial charge on any atom is -0.508 e. The minimum atomic E-state index is -4.45. The van der Waals surface area contributed by atoms with Crippen molar-refractivity contribution in [2.45, 2.75) is 22.6 Å². The van der Waals surface area contributed by atoms with Crippen LogP contribution in [0, 0.1) is 11.8 Å². The molecule has 2 aromatic rings. The number of fused-ring (bicyclic) bond motifs is 3. The SMILES string of the molecule is C=C1c2c(Cl)ccc(O)c2C(O)=C2C(=O)[C@]3(O)C(O)=C(C(N)=O)C(=O)[C@@H](N(C)C)[C@@H]3C(O)[C@H]12.O=C(O)c1cc(S(=O)(=O)O)ccc1O. The van der Waals surface area contributed by atoms with Gasteiger partial charge in [0, 0.05) is 16.5 Å². The van der Waals surface area contributed by atoms with Crippen molar-refractivity contribution in [3.05, 3.63) is 75.5 Å². The molecule has 3 aliphatic rings. The molecular weight excluding hydrogens is 668 g/mol. The van der Waals surface area contributed by atoms with E-state index in [0.29, 0.717) is 6.07 Å². The molecule has 2 aromatic carbocycles.